The fourth-order valence-electron chi connectivity index (χ4n) is 5.59. The largest absolute Gasteiger partial charge is 0.422 e. The zero-order valence-corrected chi connectivity index (χ0v) is 23.1. The van der Waals surface area contributed by atoms with Crippen molar-refractivity contribution in [3.63, 3.8) is 0 Å². The number of hydrogen-bond acceptors (Lipinski definition) is 3. The van der Waals surface area contributed by atoms with Crippen molar-refractivity contribution in [1.82, 2.24) is 20.1 Å². The van der Waals surface area contributed by atoms with E-state index >= 15 is 0 Å². The summed E-state index contributed by atoms with van der Waals surface area (Å²) in [6.07, 6.45) is 7.56. The lowest BCUT2D eigenvalue weighted by atomic mass is 9.75. The molecule has 1 atom stereocenters. The molecule has 3 heterocycles. The van der Waals surface area contributed by atoms with Crippen LogP contribution in [0.5, 0.6) is 0 Å². The Balaban J connectivity index is 1.54. The Labute approximate surface area is 237 Å². The summed E-state index contributed by atoms with van der Waals surface area (Å²) < 4.78 is 0.106. The van der Waals surface area contributed by atoms with Crippen LogP contribution in [0.1, 0.15) is 29.5 Å². The first-order valence-electron chi connectivity index (χ1n) is 12.2. The van der Waals surface area contributed by atoms with Gasteiger partial charge in [-0.1, -0.05) is 64.6 Å². The molecule has 0 bridgehead atoms. The van der Waals surface area contributed by atoms with Gasteiger partial charge in [0.05, 0.1) is 15.5 Å². The number of fused-ring (bicyclic) bond motifs is 2. The van der Waals surface area contributed by atoms with E-state index in [0.29, 0.717) is 39.9 Å². The lowest BCUT2D eigenvalue weighted by Crippen LogP contribution is -2.60. The molecule has 9 heteroatoms. The van der Waals surface area contributed by atoms with Gasteiger partial charge in [0.25, 0.3) is 0 Å². The smallest absolute Gasteiger partial charge is 0.317 e. The highest BCUT2D eigenvalue weighted by Gasteiger charge is 2.57. The number of quaternary nitrogens is 1. The maximum absolute atomic E-state index is 14.2. The number of carbonyl (C=O) groups is 1. The molecular formula is C28H27Cl4N4O+. The number of urea groups is 1. The quantitative estimate of drug-likeness (QED) is 0.248. The van der Waals surface area contributed by atoms with Gasteiger partial charge < -0.3 is 10.6 Å². The fourth-order valence-corrected chi connectivity index (χ4v) is 6.23. The van der Waals surface area contributed by atoms with Gasteiger partial charge in [-0.2, -0.15) is 0 Å². The molecular weight excluding hydrogens is 550 g/mol. The SMILES string of the molecule is O=C(NCc1ccnc(Cl)c1)[N+]1(C/C=C/c2ccc(Cl)cc2)CC2(CCNCC2)c2cc(Cl)c(Cl)cc21. The zero-order chi connectivity index (χ0) is 26.0. The molecule has 0 aliphatic carbocycles. The summed E-state index contributed by atoms with van der Waals surface area (Å²) in [7, 11) is 0. The molecule has 2 aliphatic rings. The first kappa shape index (κ1) is 26.5. The van der Waals surface area contributed by atoms with E-state index in [1.165, 1.54) is 0 Å². The third kappa shape index (κ3) is 5.40. The standard InChI is InChI=1S/C28H26Cl4N4O/c29-21-5-3-19(4-6-21)2-1-13-36(27(37)35-17-20-7-10-34-26(32)14-20)18-28(8-11-33-12-9-28)22-15-23(30)24(31)16-25(22)36/h1-7,10,14-16,33H,8-9,11-13,17-18H2/p+1/b2-1+. The van der Waals surface area contributed by atoms with Crippen molar-refractivity contribution in [3.8, 4) is 0 Å². The monoisotopic (exact) mass is 575 g/mol. The average Bonchev–Trinajstić information content (AvgIpc) is 3.13. The van der Waals surface area contributed by atoms with Gasteiger partial charge in [-0.3, -0.25) is 0 Å². The molecule has 0 radical (unpaired) electrons. The Morgan fingerprint density at radius 1 is 1.03 bits per heavy atom. The minimum atomic E-state index is -0.166. The summed E-state index contributed by atoms with van der Waals surface area (Å²) >= 11 is 25.2. The predicted octanol–water partition coefficient (Wildman–Crippen LogP) is 7.26. The van der Waals surface area contributed by atoms with Gasteiger partial charge in [0, 0.05) is 29.4 Å². The molecule has 1 spiro atoms. The van der Waals surface area contributed by atoms with Crippen LogP contribution in [0.25, 0.3) is 6.08 Å². The molecule has 2 aromatic carbocycles. The lowest BCUT2D eigenvalue weighted by Gasteiger charge is -2.36. The number of nitrogens with zero attached hydrogens (tertiary/aromatic N) is 2. The van der Waals surface area contributed by atoms with Gasteiger partial charge in [-0.05, 0) is 73.5 Å². The van der Waals surface area contributed by atoms with Crippen molar-refractivity contribution >= 4 is 64.2 Å². The second-order valence-electron chi connectivity index (χ2n) is 9.72. The van der Waals surface area contributed by atoms with Crippen LogP contribution in [-0.4, -0.2) is 37.2 Å². The van der Waals surface area contributed by atoms with Crippen LogP contribution < -0.4 is 15.1 Å². The molecule has 5 nitrogen and oxygen atoms in total. The Bertz CT molecular complexity index is 1340. The van der Waals surface area contributed by atoms with Crippen LogP contribution in [-0.2, 0) is 12.0 Å². The Kier molecular flexibility index (Phi) is 7.83. The molecule has 5 rings (SSSR count). The number of pyridine rings is 1. The van der Waals surface area contributed by atoms with Gasteiger partial charge >= 0.3 is 6.03 Å². The van der Waals surface area contributed by atoms with Gasteiger partial charge in [-0.25, -0.2) is 14.3 Å². The van der Waals surface area contributed by atoms with Crippen molar-refractivity contribution in [3.05, 3.63) is 97.7 Å². The van der Waals surface area contributed by atoms with Crippen LogP contribution in [0.2, 0.25) is 20.2 Å². The minimum Gasteiger partial charge on any atom is -0.317 e. The second-order valence-corrected chi connectivity index (χ2v) is 11.4. The van der Waals surface area contributed by atoms with Gasteiger partial charge in [0.1, 0.15) is 23.9 Å². The van der Waals surface area contributed by atoms with Gasteiger partial charge in [-0.15, -0.1) is 0 Å². The van der Waals surface area contributed by atoms with Crippen molar-refractivity contribution in [1.29, 1.82) is 0 Å². The van der Waals surface area contributed by atoms with Gasteiger partial charge in [0.2, 0.25) is 0 Å². The number of carbonyl (C=O) groups excluding carboxylic acids is 1. The molecule has 1 aromatic heterocycles. The Hall–Kier alpha value is -2.12. The highest BCUT2D eigenvalue weighted by Crippen LogP contribution is 2.52. The molecule has 192 valence electrons. The van der Waals surface area contributed by atoms with E-state index in [1.54, 1.807) is 12.3 Å². The van der Waals surface area contributed by atoms with E-state index in [1.807, 2.05) is 48.5 Å². The van der Waals surface area contributed by atoms with E-state index in [4.69, 9.17) is 46.4 Å². The van der Waals surface area contributed by atoms with E-state index in [9.17, 15) is 4.79 Å². The number of piperidine rings is 1. The maximum atomic E-state index is 14.2. The van der Waals surface area contributed by atoms with Crippen molar-refractivity contribution in [2.45, 2.75) is 24.8 Å². The van der Waals surface area contributed by atoms with E-state index < -0.39 is 0 Å². The third-order valence-corrected chi connectivity index (χ3v) is 8.61. The average molecular weight is 577 g/mol. The van der Waals surface area contributed by atoms with Crippen LogP contribution in [0.15, 0.2) is 60.8 Å². The lowest BCUT2D eigenvalue weighted by molar-refractivity contribution is 0.189. The zero-order valence-electron chi connectivity index (χ0n) is 20.1. The van der Waals surface area contributed by atoms with Crippen LogP contribution >= 0.6 is 46.4 Å². The van der Waals surface area contributed by atoms with Crippen LogP contribution in [0.3, 0.4) is 0 Å². The number of amides is 2. The summed E-state index contributed by atoms with van der Waals surface area (Å²) in [6, 6.07) is 15.0. The Morgan fingerprint density at radius 3 is 2.49 bits per heavy atom. The summed E-state index contributed by atoms with van der Waals surface area (Å²) in [5.74, 6) is 0. The topological polar surface area (TPSA) is 54.0 Å². The van der Waals surface area contributed by atoms with E-state index in [-0.39, 0.29) is 15.9 Å². The Morgan fingerprint density at radius 2 is 1.76 bits per heavy atom. The molecule has 2 N–H and O–H groups in total. The molecule has 37 heavy (non-hydrogen) atoms. The minimum absolute atomic E-state index is 0.0938. The maximum Gasteiger partial charge on any atom is 0.422 e. The first-order valence-corrected chi connectivity index (χ1v) is 13.7. The molecule has 1 fully saturated rings. The van der Waals surface area contributed by atoms with Crippen LogP contribution in [0, 0.1) is 0 Å². The number of benzene rings is 2. The molecule has 3 aromatic rings. The number of hydrogen-bond donors (Lipinski definition) is 2. The highest BCUT2D eigenvalue weighted by molar-refractivity contribution is 6.42. The van der Waals surface area contributed by atoms with Gasteiger partial charge in [0.15, 0.2) is 0 Å². The highest BCUT2D eigenvalue weighted by atomic mass is 35.5. The van der Waals surface area contributed by atoms with E-state index in [0.717, 1.165) is 48.3 Å². The van der Waals surface area contributed by atoms with Crippen molar-refractivity contribution in [2.24, 2.45) is 0 Å². The molecule has 1 unspecified atom stereocenters. The first-order chi connectivity index (χ1) is 17.8. The molecule has 2 amide bonds. The second kappa shape index (κ2) is 10.9. The van der Waals surface area contributed by atoms with Crippen LogP contribution in [0.4, 0.5) is 10.5 Å². The molecule has 2 aliphatic heterocycles. The normalized spacial score (nSPS) is 20.3. The predicted molar refractivity (Wildman–Crippen MR) is 154 cm³/mol. The molecule has 0 saturated carbocycles. The summed E-state index contributed by atoms with van der Waals surface area (Å²) in [5, 5.41) is 8.67. The number of rotatable bonds is 5. The van der Waals surface area contributed by atoms with Crippen molar-refractivity contribution in [2.75, 3.05) is 26.2 Å². The number of nitrogens with one attached hydrogen (secondary N) is 2. The van der Waals surface area contributed by atoms with E-state index in [2.05, 4.69) is 21.7 Å². The summed E-state index contributed by atoms with van der Waals surface area (Å²) in [5.41, 5.74) is 3.75. The summed E-state index contributed by atoms with van der Waals surface area (Å²) in [6.45, 7) is 3.21. The summed E-state index contributed by atoms with van der Waals surface area (Å²) in [4.78, 5) is 18.2. The fraction of sp³-hybridized carbons (Fsp3) is 0.286. The number of aromatic nitrogens is 1. The number of halogens is 4. The molecule has 1 saturated heterocycles. The third-order valence-electron chi connectivity index (χ3n) is 7.43. The van der Waals surface area contributed by atoms with Crippen molar-refractivity contribution < 1.29 is 4.79 Å².